The molecule has 2 aromatic rings. The van der Waals surface area contributed by atoms with Gasteiger partial charge >= 0.3 is 6.18 Å². The maximum atomic E-state index is 13.4. The van der Waals surface area contributed by atoms with Crippen LogP contribution in [0.25, 0.3) is 0 Å². The molecule has 9 heteroatoms. The first-order chi connectivity index (χ1) is 15.5. The van der Waals surface area contributed by atoms with Crippen molar-refractivity contribution in [2.75, 3.05) is 26.7 Å². The fraction of sp³-hybridized carbons (Fsp3) is 0.375. The van der Waals surface area contributed by atoms with E-state index in [1.54, 1.807) is 55.5 Å². The third-order valence-electron chi connectivity index (χ3n) is 5.96. The molecule has 1 heterocycles. The second kappa shape index (κ2) is 9.35. The van der Waals surface area contributed by atoms with E-state index < -0.39 is 23.7 Å². The van der Waals surface area contributed by atoms with Crippen LogP contribution in [-0.2, 0) is 9.53 Å². The van der Waals surface area contributed by atoms with Crippen LogP contribution in [0.5, 0.6) is 0 Å². The molecule has 1 fully saturated rings. The third-order valence-corrected chi connectivity index (χ3v) is 5.96. The molecule has 0 bridgehead atoms. The summed E-state index contributed by atoms with van der Waals surface area (Å²) in [4.78, 5) is 40.7. The van der Waals surface area contributed by atoms with Gasteiger partial charge in [-0.1, -0.05) is 42.5 Å². The highest BCUT2D eigenvalue weighted by Gasteiger charge is 2.59. The SMILES string of the molecule is CO[C@](C)(C(=O)N1CCN(C(=O)c2ccc(C(=O)c3ccccc3)cc2)[C@H](C)C1)C(F)(F)F. The summed E-state index contributed by atoms with van der Waals surface area (Å²) >= 11 is 0. The Bertz CT molecular complexity index is 1020. The number of hydrogen-bond acceptors (Lipinski definition) is 4. The summed E-state index contributed by atoms with van der Waals surface area (Å²) in [7, 11) is 0.848. The van der Waals surface area contributed by atoms with Crippen LogP contribution < -0.4 is 0 Å². The van der Waals surface area contributed by atoms with E-state index in [0.717, 1.165) is 12.0 Å². The minimum atomic E-state index is -4.87. The molecule has 0 spiro atoms. The highest BCUT2D eigenvalue weighted by Crippen LogP contribution is 2.35. The zero-order valence-corrected chi connectivity index (χ0v) is 18.6. The Morgan fingerprint density at radius 1 is 0.909 bits per heavy atom. The van der Waals surface area contributed by atoms with Gasteiger partial charge in [0.15, 0.2) is 5.78 Å². The molecule has 0 aliphatic carbocycles. The molecule has 3 rings (SSSR count). The van der Waals surface area contributed by atoms with Gasteiger partial charge in [-0.25, -0.2) is 0 Å². The molecule has 0 aromatic heterocycles. The molecule has 2 atom stereocenters. The van der Waals surface area contributed by atoms with E-state index >= 15 is 0 Å². The van der Waals surface area contributed by atoms with Crippen molar-refractivity contribution in [2.24, 2.45) is 0 Å². The van der Waals surface area contributed by atoms with Crippen LogP contribution in [0.1, 0.15) is 40.1 Å². The predicted octanol–water partition coefficient (Wildman–Crippen LogP) is 3.56. The monoisotopic (exact) mass is 462 g/mol. The number of benzene rings is 2. The summed E-state index contributed by atoms with van der Waals surface area (Å²) in [5.74, 6) is -1.67. The number of halogens is 3. The fourth-order valence-corrected chi connectivity index (χ4v) is 3.76. The minimum absolute atomic E-state index is 0.0471. The Labute approximate surface area is 189 Å². The van der Waals surface area contributed by atoms with Crippen molar-refractivity contribution in [3.05, 3.63) is 71.3 Å². The molecule has 0 N–H and O–H groups in total. The molecule has 33 heavy (non-hydrogen) atoms. The molecular formula is C24H25F3N2O4. The largest absolute Gasteiger partial charge is 0.426 e. The van der Waals surface area contributed by atoms with Crippen molar-refractivity contribution in [3.63, 3.8) is 0 Å². The van der Waals surface area contributed by atoms with Gasteiger partial charge in [0, 0.05) is 49.5 Å². The highest BCUT2D eigenvalue weighted by atomic mass is 19.4. The van der Waals surface area contributed by atoms with E-state index in [1.165, 1.54) is 4.90 Å². The number of carbonyl (C=O) groups is 3. The van der Waals surface area contributed by atoms with E-state index in [0.29, 0.717) is 23.6 Å². The van der Waals surface area contributed by atoms with Crippen LogP contribution >= 0.6 is 0 Å². The van der Waals surface area contributed by atoms with Gasteiger partial charge in [-0.15, -0.1) is 0 Å². The van der Waals surface area contributed by atoms with Crippen molar-refractivity contribution in [1.82, 2.24) is 9.80 Å². The summed E-state index contributed by atoms with van der Waals surface area (Å²) in [6.07, 6.45) is -4.87. The zero-order valence-electron chi connectivity index (χ0n) is 18.6. The summed E-state index contributed by atoms with van der Waals surface area (Å²) in [5, 5.41) is 0. The number of methoxy groups -OCH3 is 1. The Hall–Kier alpha value is -3.20. The third kappa shape index (κ3) is 4.78. The number of carbonyl (C=O) groups excluding carboxylic acids is 3. The van der Waals surface area contributed by atoms with Crippen LogP contribution in [0.4, 0.5) is 13.2 Å². The Balaban J connectivity index is 1.69. The van der Waals surface area contributed by atoms with Gasteiger partial charge in [0.2, 0.25) is 5.60 Å². The van der Waals surface area contributed by atoms with Gasteiger partial charge in [-0.3, -0.25) is 14.4 Å². The zero-order chi connectivity index (χ0) is 24.4. The number of rotatable bonds is 5. The quantitative estimate of drug-likeness (QED) is 0.638. The normalized spacial score (nSPS) is 18.5. The number of ketones is 1. The molecule has 1 saturated heterocycles. The lowest BCUT2D eigenvalue weighted by Gasteiger charge is -2.43. The van der Waals surface area contributed by atoms with Gasteiger partial charge in [0.25, 0.3) is 11.8 Å². The predicted molar refractivity (Wildman–Crippen MR) is 115 cm³/mol. The van der Waals surface area contributed by atoms with Gasteiger partial charge in [-0.2, -0.15) is 13.2 Å². The van der Waals surface area contributed by atoms with Crippen LogP contribution in [-0.4, -0.2) is 72.0 Å². The Morgan fingerprint density at radius 3 is 1.97 bits per heavy atom. The first-order valence-electron chi connectivity index (χ1n) is 10.4. The number of piperazine rings is 1. The van der Waals surface area contributed by atoms with E-state index in [4.69, 9.17) is 0 Å². The van der Waals surface area contributed by atoms with Gasteiger partial charge < -0.3 is 14.5 Å². The molecule has 2 aromatic carbocycles. The standard InChI is InChI=1S/C24H25F3N2O4/c1-16-15-28(22(32)23(2,33-3)24(25,26)27)13-14-29(16)21(31)19-11-9-18(10-12-19)20(30)17-7-5-4-6-8-17/h4-12,16H,13-15H2,1-3H3/t16-,23-/m1/s1. The molecule has 2 amide bonds. The summed E-state index contributed by atoms with van der Waals surface area (Å²) < 4.78 is 44.6. The number of amides is 2. The highest BCUT2D eigenvalue weighted by molar-refractivity contribution is 6.09. The van der Waals surface area contributed by atoms with Crippen molar-refractivity contribution in [2.45, 2.75) is 31.7 Å². The van der Waals surface area contributed by atoms with Crippen molar-refractivity contribution in [3.8, 4) is 0 Å². The number of ether oxygens (including phenoxy) is 1. The minimum Gasteiger partial charge on any atom is -0.361 e. The second-order valence-corrected chi connectivity index (χ2v) is 8.11. The van der Waals surface area contributed by atoms with Crippen LogP contribution in [0.2, 0.25) is 0 Å². The van der Waals surface area contributed by atoms with Gasteiger partial charge in [0.05, 0.1) is 0 Å². The molecule has 1 aliphatic rings. The fourth-order valence-electron chi connectivity index (χ4n) is 3.76. The molecule has 0 radical (unpaired) electrons. The van der Waals surface area contributed by atoms with Crippen molar-refractivity contribution < 1.29 is 32.3 Å². The van der Waals surface area contributed by atoms with E-state index in [9.17, 15) is 27.6 Å². The van der Waals surface area contributed by atoms with Crippen LogP contribution in [0, 0.1) is 0 Å². The van der Waals surface area contributed by atoms with Crippen molar-refractivity contribution >= 4 is 17.6 Å². The number of hydrogen-bond donors (Lipinski definition) is 0. The van der Waals surface area contributed by atoms with Crippen LogP contribution in [0.15, 0.2) is 54.6 Å². The molecule has 176 valence electrons. The van der Waals surface area contributed by atoms with Crippen LogP contribution in [0.3, 0.4) is 0 Å². The van der Waals surface area contributed by atoms with Gasteiger partial charge in [0.1, 0.15) is 0 Å². The summed E-state index contributed by atoms with van der Waals surface area (Å²) in [6, 6.07) is 14.5. The molecule has 6 nitrogen and oxygen atoms in total. The average molecular weight is 462 g/mol. The smallest absolute Gasteiger partial charge is 0.361 e. The Kier molecular flexibility index (Phi) is 6.92. The molecule has 0 saturated carbocycles. The van der Waals surface area contributed by atoms with E-state index in [1.807, 2.05) is 6.07 Å². The molecule has 0 unspecified atom stereocenters. The summed E-state index contributed by atoms with van der Waals surface area (Å²) in [6.45, 7) is 2.35. The van der Waals surface area contributed by atoms with Crippen molar-refractivity contribution in [1.29, 1.82) is 0 Å². The maximum absolute atomic E-state index is 13.4. The Morgan fingerprint density at radius 2 is 1.45 bits per heavy atom. The lowest BCUT2D eigenvalue weighted by molar-refractivity contribution is -0.259. The lowest BCUT2D eigenvalue weighted by atomic mass is 10.0. The van der Waals surface area contributed by atoms with E-state index in [2.05, 4.69) is 4.74 Å². The first-order valence-corrected chi connectivity index (χ1v) is 10.4. The second-order valence-electron chi connectivity index (χ2n) is 8.11. The average Bonchev–Trinajstić information content (AvgIpc) is 2.82. The molecular weight excluding hydrogens is 437 g/mol. The molecule has 1 aliphatic heterocycles. The first kappa shape index (κ1) is 24.4. The van der Waals surface area contributed by atoms with E-state index in [-0.39, 0.29) is 31.3 Å². The van der Waals surface area contributed by atoms with Gasteiger partial charge in [-0.05, 0) is 26.0 Å². The topological polar surface area (TPSA) is 66.9 Å². The summed E-state index contributed by atoms with van der Waals surface area (Å²) in [5.41, 5.74) is -1.62. The lowest BCUT2D eigenvalue weighted by Crippen LogP contribution is -2.63. The maximum Gasteiger partial charge on any atom is 0.426 e. The number of nitrogens with zero attached hydrogens (tertiary/aromatic N) is 2. The number of alkyl halides is 3.